The molecule has 16 heteroatoms. The fraction of sp³-hybridized carbons (Fsp3) is 0.375. The van der Waals surface area contributed by atoms with Crippen molar-refractivity contribution in [3.8, 4) is 23.0 Å². The van der Waals surface area contributed by atoms with Gasteiger partial charge in [0.2, 0.25) is 11.8 Å². The minimum atomic E-state index is -2.43. The van der Waals surface area contributed by atoms with E-state index in [0.29, 0.717) is 44.0 Å². The number of halogens is 1. The van der Waals surface area contributed by atoms with E-state index in [0.717, 1.165) is 11.0 Å². The van der Waals surface area contributed by atoms with Crippen LogP contribution >= 0.6 is 30.2 Å². The zero-order valence-corrected chi connectivity index (χ0v) is 32.4. The molecule has 2 aromatic heterocycles. The van der Waals surface area contributed by atoms with Gasteiger partial charge in [-0.3, -0.25) is 9.97 Å². The lowest BCUT2D eigenvalue weighted by Gasteiger charge is -2.32. The normalized spacial score (nSPS) is 15.0. The summed E-state index contributed by atoms with van der Waals surface area (Å²) in [5.41, 5.74) is 14.5. The van der Waals surface area contributed by atoms with Gasteiger partial charge in [0.15, 0.2) is 0 Å². The average molecular weight is 761 g/mol. The second kappa shape index (κ2) is 15.5. The number of benzene rings is 2. The highest BCUT2D eigenvalue weighted by Crippen LogP contribution is 2.39. The predicted molar refractivity (Wildman–Crippen MR) is 199 cm³/mol. The summed E-state index contributed by atoms with van der Waals surface area (Å²) in [5, 5.41) is 1.35. The second-order valence-corrected chi connectivity index (χ2v) is 19.9. The maximum atomic E-state index is 12.3. The molecule has 4 aromatic rings. The van der Waals surface area contributed by atoms with Crippen molar-refractivity contribution >= 4 is 64.8 Å². The smallest absolute Gasteiger partial charge is 0.480 e. The van der Waals surface area contributed by atoms with Crippen LogP contribution in [0.15, 0.2) is 65.8 Å². The van der Waals surface area contributed by atoms with Crippen LogP contribution in [0.2, 0.25) is 0 Å². The number of aromatic nitrogens is 4. The van der Waals surface area contributed by atoms with Crippen LogP contribution in [-0.2, 0) is 18.4 Å². The summed E-state index contributed by atoms with van der Waals surface area (Å²) >= 11 is 3.15. The molecule has 1 fully saturated rings. The molecule has 1 aliphatic rings. The maximum Gasteiger partial charge on any atom is 0.494 e. The van der Waals surface area contributed by atoms with E-state index in [1.807, 2.05) is 45.9 Å². The lowest BCUT2D eigenvalue weighted by molar-refractivity contribution is 0.00578. The molecule has 0 aliphatic carbocycles. The quantitative estimate of drug-likeness (QED) is 0.152. The van der Waals surface area contributed by atoms with Gasteiger partial charge in [-0.25, -0.2) is 9.97 Å². The molecule has 0 atom stereocenters. The number of hydrogen-bond donors (Lipinski definition) is 2. The number of anilines is 2. The van der Waals surface area contributed by atoms with Crippen molar-refractivity contribution in [1.82, 2.24) is 19.9 Å². The molecule has 5 rings (SSSR count). The van der Waals surface area contributed by atoms with Gasteiger partial charge in [0, 0.05) is 27.5 Å². The third-order valence-corrected chi connectivity index (χ3v) is 11.2. The Balaban J connectivity index is 0.000000209. The molecule has 12 nitrogen and oxygen atoms in total. The summed E-state index contributed by atoms with van der Waals surface area (Å²) in [6.07, 6.45) is 6.31. The Morgan fingerprint density at radius 3 is 1.69 bits per heavy atom. The zero-order chi connectivity index (χ0) is 36.1. The molecule has 0 bridgehead atoms. The number of hydrogen-bond acceptors (Lipinski definition) is 12. The molecule has 0 spiro atoms. The molecule has 0 saturated carbocycles. The number of methoxy groups -OCH3 is 2. The minimum absolute atomic E-state index is 0.388. The number of nitrogen functional groups attached to an aromatic ring is 2. The lowest BCUT2D eigenvalue weighted by atomic mass is 9.79. The van der Waals surface area contributed by atoms with E-state index in [1.54, 1.807) is 70.6 Å². The van der Waals surface area contributed by atoms with Crippen LogP contribution in [0.1, 0.15) is 27.7 Å². The third kappa shape index (κ3) is 10.1. The summed E-state index contributed by atoms with van der Waals surface area (Å²) in [6, 6.07) is 10.9. The Labute approximate surface area is 291 Å². The third-order valence-electron chi connectivity index (χ3n) is 7.68. The number of nitrogens with zero attached hydrogens (tertiary/aromatic N) is 4. The summed E-state index contributed by atoms with van der Waals surface area (Å²) < 4.78 is 47.0. The molecule has 3 heterocycles. The van der Waals surface area contributed by atoms with Gasteiger partial charge in [-0.05, 0) is 100 Å². The van der Waals surface area contributed by atoms with E-state index >= 15 is 0 Å². The molecule has 48 heavy (non-hydrogen) atoms. The second-order valence-electron chi connectivity index (χ2n) is 12.7. The van der Waals surface area contributed by atoms with Gasteiger partial charge in [-0.15, -0.1) is 0 Å². The van der Waals surface area contributed by atoms with Crippen LogP contribution in [0.4, 0.5) is 11.4 Å². The molecule has 1 saturated heterocycles. The standard InChI is InChI=1S/C14H23BNO3P.C13H16N3O2P.C5H5BrN2O/c1-13(2)14(3,4)19-15(18-13)10-7-8-11(16)12(9-10)20(5,6)17;1-18-13-8-15-7-11(16-13)9-4-5-10(14)12(6-9)19(2,3)17;1-9-5-3-7-2-4(6)8-5/h7-9H,16H2,1-6H3;4-8H,14H2,1-3H3;2-3H,1H3. The molecule has 0 unspecified atom stereocenters. The maximum absolute atomic E-state index is 12.3. The molecule has 4 N–H and O–H groups in total. The van der Waals surface area contributed by atoms with Gasteiger partial charge in [0.1, 0.15) is 18.9 Å². The minimum Gasteiger partial charge on any atom is -0.480 e. The molecule has 2 aromatic carbocycles. The zero-order valence-electron chi connectivity index (χ0n) is 29.0. The number of rotatable bonds is 6. The van der Waals surface area contributed by atoms with E-state index in [9.17, 15) is 9.13 Å². The molecule has 0 radical (unpaired) electrons. The Hall–Kier alpha value is -3.28. The van der Waals surface area contributed by atoms with Gasteiger partial charge >= 0.3 is 7.12 Å². The highest BCUT2D eigenvalue weighted by atomic mass is 79.9. The highest BCUT2D eigenvalue weighted by Gasteiger charge is 2.51. The molecule has 1 aliphatic heterocycles. The van der Waals surface area contributed by atoms with Crippen molar-refractivity contribution in [2.75, 3.05) is 52.3 Å². The van der Waals surface area contributed by atoms with E-state index in [1.165, 1.54) is 13.3 Å². The largest absolute Gasteiger partial charge is 0.494 e. The van der Waals surface area contributed by atoms with E-state index in [4.69, 9.17) is 30.2 Å². The fourth-order valence-electron chi connectivity index (χ4n) is 4.33. The monoisotopic (exact) mass is 760 g/mol. The SMILES string of the molecule is CC1(C)OB(c2ccc(N)c(P(C)(C)=O)c2)OC1(C)C.COc1cncc(-c2ccc(N)c(P(C)(C)=O)c2)n1.COc1cncc(Br)n1. The van der Waals surface area contributed by atoms with Crippen molar-refractivity contribution < 1.29 is 27.9 Å². The van der Waals surface area contributed by atoms with Crippen molar-refractivity contribution in [3.63, 3.8) is 0 Å². The van der Waals surface area contributed by atoms with Crippen LogP contribution < -0.4 is 37.0 Å². The summed E-state index contributed by atoms with van der Waals surface area (Å²) in [6.45, 7) is 14.9. The lowest BCUT2D eigenvalue weighted by Crippen LogP contribution is -2.41. The first-order valence-corrected chi connectivity index (χ1v) is 20.8. The van der Waals surface area contributed by atoms with Crippen LogP contribution in [0, 0.1) is 0 Å². The van der Waals surface area contributed by atoms with Crippen molar-refractivity contribution in [1.29, 1.82) is 0 Å². The highest BCUT2D eigenvalue weighted by molar-refractivity contribution is 9.10. The van der Waals surface area contributed by atoms with Crippen LogP contribution in [0.5, 0.6) is 11.8 Å². The topological polar surface area (TPSA) is 175 Å². The van der Waals surface area contributed by atoms with Gasteiger partial charge in [-0.2, -0.15) is 0 Å². The molecular formula is C32H44BBrN6O6P2. The van der Waals surface area contributed by atoms with E-state index in [-0.39, 0.29) is 11.2 Å². The van der Waals surface area contributed by atoms with Crippen LogP contribution in [0.25, 0.3) is 11.3 Å². The van der Waals surface area contributed by atoms with Gasteiger partial charge in [-0.1, -0.05) is 12.1 Å². The Morgan fingerprint density at radius 2 is 1.21 bits per heavy atom. The van der Waals surface area contributed by atoms with Crippen molar-refractivity contribution in [2.45, 2.75) is 38.9 Å². The van der Waals surface area contributed by atoms with Crippen LogP contribution in [-0.4, -0.2) is 79.1 Å². The van der Waals surface area contributed by atoms with Crippen LogP contribution in [0.3, 0.4) is 0 Å². The summed E-state index contributed by atoms with van der Waals surface area (Å²) in [4.78, 5) is 16.1. The first-order valence-electron chi connectivity index (χ1n) is 14.8. The van der Waals surface area contributed by atoms with Gasteiger partial charge in [0.25, 0.3) is 0 Å². The molecule has 258 valence electrons. The molecular weight excluding hydrogens is 717 g/mol. The molecule has 0 amide bonds. The van der Waals surface area contributed by atoms with E-state index in [2.05, 4.69) is 35.9 Å². The summed E-state index contributed by atoms with van der Waals surface area (Å²) in [5.74, 6) is 0.955. The number of nitrogens with two attached hydrogens (primary N) is 2. The number of ether oxygens (including phenoxy) is 2. The average Bonchev–Trinajstić information content (AvgIpc) is 3.23. The van der Waals surface area contributed by atoms with Crippen molar-refractivity contribution in [2.24, 2.45) is 0 Å². The predicted octanol–water partition coefficient (Wildman–Crippen LogP) is 5.05. The first-order chi connectivity index (χ1) is 22.2. The van der Waals surface area contributed by atoms with Gasteiger partial charge < -0.3 is 39.4 Å². The van der Waals surface area contributed by atoms with E-state index < -0.39 is 21.4 Å². The Morgan fingerprint density at radius 1 is 0.729 bits per heavy atom. The first kappa shape index (κ1) is 39.2. The van der Waals surface area contributed by atoms with Crippen molar-refractivity contribution in [3.05, 3.63) is 65.8 Å². The van der Waals surface area contributed by atoms with Gasteiger partial charge in [0.05, 0.1) is 55.9 Å². The summed E-state index contributed by atoms with van der Waals surface area (Å²) in [7, 11) is -2.21. The Bertz CT molecular complexity index is 1820. The Kier molecular flexibility index (Phi) is 12.7. The fourth-order valence-corrected chi connectivity index (χ4v) is 6.93.